The number of imidazole rings is 1. The molecule has 1 N–H and O–H groups in total. The fraction of sp³-hybridized carbons (Fsp3) is 0.273. The van der Waals surface area contributed by atoms with Gasteiger partial charge in [-0.1, -0.05) is 35.5 Å². The minimum atomic E-state index is -0.298. The second-order valence-electron chi connectivity index (χ2n) is 7.60. The third-order valence-electron chi connectivity index (χ3n) is 5.62. The van der Waals surface area contributed by atoms with Crippen LogP contribution < -0.4 is 0 Å². The number of carbonyl (C=O) groups is 1. The second kappa shape index (κ2) is 7.70. The monoisotopic (exact) mass is 404 g/mol. The summed E-state index contributed by atoms with van der Waals surface area (Å²) in [5.74, 6) is 0.851. The van der Waals surface area contributed by atoms with Crippen LogP contribution in [0.3, 0.4) is 0 Å². The lowest BCUT2D eigenvalue weighted by Gasteiger charge is -2.30. The maximum absolute atomic E-state index is 13.8. The van der Waals surface area contributed by atoms with Gasteiger partial charge in [-0.2, -0.15) is 0 Å². The Morgan fingerprint density at radius 1 is 1.10 bits per heavy atom. The van der Waals surface area contributed by atoms with E-state index in [4.69, 9.17) is 4.98 Å². The largest absolute Gasteiger partial charge is 0.342 e. The van der Waals surface area contributed by atoms with E-state index < -0.39 is 0 Å². The molecule has 3 heterocycles. The van der Waals surface area contributed by atoms with Crippen LogP contribution in [-0.2, 0) is 6.54 Å². The SMILES string of the molecule is O=C(c1cn(Cc2ccccc2F)nn1)N1CCC(c2nc3ccccc3[nH]2)CC1. The van der Waals surface area contributed by atoms with Crippen LogP contribution in [0.15, 0.2) is 54.7 Å². The van der Waals surface area contributed by atoms with Gasteiger partial charge in [-0.15, -0.1) is 5.10 Å². The van der Waals surface area contributed by atoms with Crippen LogP contribution in [0.4, 0.5) is 4.39 Å². The molecule has 0 atom stereocenters. The minimum absolute atomic E-state index is 0.141. The molecule has 1 fully saturated rings. The average molecular weight is 404 g/mol. The van der Waals surface area contributed by atoms with Crippen molar-refractivity contribution in [3.05, 3.63) is 77.6 Å². The van der Waals surface area contributed by atoms with E-state index in [1.54, 1.807) is 29.3 Å². The molecule has 0 bridgehead atoms. The summed E-state index contributed by atoms with van der Waals surface area (Å²) in [5.41, 5.74) is 2.80. The molecule has 0 unspecified atom stereocenters. The molecule has 8 heteroatoms. The van der Waals surface area contributed by atoms with Crippen LogP contribution in [0.2, 0.25) is 0 Å². The summed E-state index contributed by atoms with van der Waals surface area (Å²) >= 11 is 0. The van der Waals surface area contributed by atoms with Gasteiger partial charge in [-0.3, -0.25) is 4.79 Å². The summed E-state index contributed by atoms with van der Waals surface area (Å²) in [4.78, 5) is 22.7. The molecule has 152 valence electrons. The van der Waals surface area contributed by atoms with Gasteiger partial charge in [0.1, 0.15) is 11.6 Å². The number of benzene rings is 2. The zero-order chi connectivity index (χ0) is 20.5. The Balaban J connectivity index is 1.23. The lowest BCUT2D eigenvalue weighted by atomic mass is 9.96. The van der Waals surface area contributed by atoms with Gasteiger partial charge in [0.25, 0.3) is 5.91 Å². The van der Waals surface area contributed by atoms with E-state index in [0.29, 0.717) is 24.6 Å². The number of fused-ring (bicyclic) bond motifs is 1. The molecule has 30 heavy (non-hydrogen) atoms. The third kappa shape index (κ3) is 3.56. The molecule has 0 saturated carbocycles. The number of halogens is 1. The Bertz CT molecular complexity index is 1160. The van der Waals surface area contributed by atoms with Gasteiger partial charge in [-0.05, 0) is 31.0 Å². The van der Waals surface area contributed by atoms with Crippen LogP contribution >= 0.6 is 0 Å². The normalized spacial score (nSPS) is 15.0. The molecule has 5 rings (SSSR count). The predicted octanol–water partition coefficient (Wildman–Crippen LogP) is 3.36. The first kappa shape index (κ1) is 18.5. The van der Waals surface area contributed by atoms with Gasteiger partial charge in [0, 0.05) is 24.6 Å². The summed E-state index contributed by atoms with van der Waals surface area (Å²) in [5, 5.41) is 8.00. The van der Waals surface area contributed by atoms with Crippen LogP contribution in [0.5, 0.6) is 0 Å². The number of hydrogen-bond acceptors (Lipinski definition) is 4. The first-order valence-electron chi connectivity index (χ1n) is 10.0. The fourth-order valence-corrected chi connectivity index (χ4v) is 3.96. The van der Waals surface area contributed by atoms with E-state index in [1.165, 1.54) is 10.7 Å². The van der Waals surface area contributed by atoms with E-state index in [0.717, 1.165) is 29.7 Å². The molecule has 0 aliphatic carbocycles. The summed E-state index contributed by atoms with van der Waals surface area (Å²) in [6.07, 6.45) is 3.27. The molecular formula is C22H21FN6O. The molecule has 1 saturated heterocycles. The fourth-order valence-electron chi connectivity index (χ4n) is 3.96. The van der Waals surface area contributed by atoms with Crippen LogP contribution in [0, 0.1) is 5.82 Å². The van der Waals surface area contributed by atoms with Crippen LogP contribution in [-0.4, -0.2) is 48.9 Å². The zero-order valence-electron chi connectivity index (χ0n) is 16.3. The van der Waals surface area contributed by atoms with E-state index in [-0.39, 0.29) is 24.0 Å². The van der Waals surface area contributed by atoms with Crippen molar-refractivity contribution in [2.75, 3.05) is 13.1 Å². The topological polar surface area (TPSA) is 79.7 Å². The average Bonchev–Trinajstić information content (AvgIpc) is 3.42. The van der Waals surface area contributed by atoms with E-state index >= 15 is 0 Å². The van der Waals surface area contributed by atoms with Gasteiger partial charge < -0.3 is 9.88 Å². The number of aromatic nitrogens is 5. The maximum atomic E-state index is 13.8. The van der Waals surface area contributed by atoms with E-state index in [2.05, 4.69) is 15.3 Å². The number of hydrogen-bond donors (Lipinski definition) is 1. The van der Waals surface area contributed by atoms with Gasteiger partial charge in [0.2, 0.25) is 0 Å². The molecule has 0 radical (unpaired) electrons. The molecule has 0 spiro atoms. The number of carbonyl (C=O) groups excluding carboxylic acids is 1. The first-order valence-corrected chi connectivity index (χ1v) is 10.0. The number of amides is 1. The summed E-state index contributed by atoms with van der Waals surface area (Å²) in [7, 11) is 0. The number of para-hydroxylation sites is 2. The van der Waals surface area contributed by atoms with Crippen molar-refractivity contribution in [2.24, 2.45) is 0 Å². The van der Waals surface area contributed by atoms with Gasteiger partial charge >= 0.3 is 0 Å². The van der Waals surface area contributed by atoms with Crippen molar-refractivity contribution >= 4 is 16.9 Å². The smallest absolute Gasteiger partial charge is 0.276 e. The molecule has 1 aliphatic heterocycles. The van der Waals surface area contributed by atoms with Crippen LogP contribution in [0.1, 0.15) is 40.6 Å². The number of likely N-dealkylation sites (tertiary alicyclic amines) is 1. The van der Waals surface area contributed by atoms with Crippen molar-refractivity contribution in [3.63, 3.8) is 0 Å². The highest BCUT2D eigenvalue weighted by atomic mass is 19.1. The lowest BCUT2D eigenvalue weighted by molar-refractivity contribution is 0.0705. The third-order valence-corrected chi connectivity index (χ3v) is 5.62. The summed E-state index contributed by atoms with van der Waals surface area (Å²) < 4.78 is 15.3. The molecule has 4 aromatic rings. The van der Waals surface area contributed by atoms with Crippen molar-refractivity contribution in [1.82, 2.24) is 29.9 Å². The van der Waals surface area contributed by atoms with E-state index in [9.17, 15) is 9.18 Å². The van der Waals surface area contributed by atoms with Gasteiger partial charge in [-0.25, -0.2) is 14.1 Å². The van der Waals surface area contributed by atoms with Crippen molar-refractivity contribution < 1.29 is 9.18 Å². The molecule has 1 amide bonds. The van der Waals surface area contributed by atoms with Crippen molar-refractivity contribution in [1.29, 1.82) is 0 Å². The molecular weight excluding hydrogens is 383 g/mol. The quantitative estimate of drug-likeness (QED) is 0.566. The van der Waals surface area contributed by atoms with Crippen molar-refractivity contribution in [3.8, 4) is 0 Å². The van der Waals surface area contributed by atoms with Crippen LogP contribution in [0.25, 0.3) is 11.0 Å². The Morgan fingerprint density at radius 3 is 2.67 bits per heavy atom. The summed E-state index contributed by atoms with van der Waals surface area (Å²) in [6, 6.07) is 14.5. The van der Waals surface area contributed by atoms with E-state index in [1.807, 2.05) is 24.3 Å². The Labute approximate surface area is 172 Å². The number of aromatic amines is 1. The molecule has 7 nitrogen and oxygen atoms in total. The molecule has 1 aliphatic rings. The highest BCUT2D eigenvalue weighted by molar-refractivity contribution is 5.92. The standard InChI is InChI=1S/C22H21FN6O/c23-17-6-2-1-5-16(17)13-29-14-20(26-27-29)22(30)28-11-9-15(10-12-28)21-24-18-7-3-4-8-19(18)25-21/h1-8,14-15H,9-13H2,(H,24,25). The van der Waals surface area contributed by atoms with Gasteiger partial charge in [0.15, 0.2) is 5.69 Å². The highest BCUT2D eigenvalue weighted by Gasteiger charge is 2.27. The lowest BCUT2D eigenvalue weighted by Crippen LogP contribution is -2.38. The number of piperidine rings is 1. The Hall–Kier alpha value is -3.55. The Kier molecular flexibility index (Phi) is 4.74. The maximum Gasteiger partial charge on any atom is 0.276 e. The molecule has 2 aromatic carbocycles. The van der Waals surface area contributed by atoms with Gasteiger partial charge in [0.05, 0.1) is 23.8 Å². The first-order chi connectivity index (χ1) is 14.7. The second-order valence-corrected chi connectivity index (χ2v) is 7.60. The molecule has 2 aromatic heterocycles. The highest BCUT2D eigenvalue weighted by Crippen LogP contribution is 2.28. The summed E-state index contributed by atoms with van der Waals surface area (Å²) in [6.45, 7) is 1.52. The van der Waals surface area contributed by atoms with Crippen molar-refractivity contribution in [2.45, 2.75) is 25.3 Å². The zero-order valence-corrected chi connectivity index (χ0v) is 16.3. The number of rotatable bonds is 4. The Morgan fingerprint density at radius 2 is 1.87 bits per heavy atom. The number of nitrogens with one attached hydrogen (secondary N) is 1. The number of nitrogens with zero attached hydrogens (tertiary/aromatic N) is 5. The predicted molar refractivity (Wildman–Crippen MR) is 109 cm³/mol. The minimum Gasteiger partial charge on any atom is -0.342 e. The number of H-pyrrole nitrogens is 1.